The fourth-order valence-electron chi connectivity index (χ4n) is 4.24. The van der Waals surface area contributed by atoms with Crippen LogP contribution in [0.3, 0.4) is 0 Å². The number of hydrogen-bond acceptors (Lipinski definition) is 6. The van der Waals surface area contributed by atoms with Crippen molar-refractivity contribution in [3.63, 3.8) is 0 Å². The van der Waals surface area contributed by atoms with E-state index >= 15 is 0 Å². The minimum atomic E-state index is -0.0949. The van der Waals surface area contributed by atoms with Gasteiger partial charge in [0, 0.05) is 24.7 Å². The molecule has 1 saturated heterocycles. The van der Waals surface area contributed by atoms with Gasteiger partial charge in [0.1, 0.15) is 23.7 Å². The number of amides is 1. The maximum absolute atomic E-state index is 12.9. The zero-order chi connectivity index (χ0) is 22.6. The largest absolute Gasteiger partial charge is 0.497 e. The Labute approximate surface area is 192 Å². The number of imidazole rings is 1. The second-order valence-corrected chi connectivity index (χ2v) is 8.19. The van der Waals surface area contributed by atoms with Crippen LogP contribution in [0.2, 0.25) is 0 Å². The zero-order valence-corrected chi connectivity index (χ0v) is 18.5. The second kappa shape index (κ2) is 9.28. The van der Waals surface area contributed by atoms with Crippen LogP contribution in [0.4, 0.5) is 5.82 Å². The summed E-state index contributed by atoms with van der Waals surface area (Å²) in [5, 5.41) is 3.05. The Morgan fingerprint density at radius 1 is 1.18 bits per heavy atom. The summed E-state index contributed by atoms with van der Waals surface area (Å²) in [6.07, 6.45) is 3.38. The predicted molar refractivity (Wildman–Crippen MR) is 127 cm³/mol. The van der Waals surface area contributed by atoms with Crippen LogP contribution in [0, 0.1) is 5.92 Å². The van der Waals surface area contributed by atoms with Gasteiger partial charge in [-0.25, -0.2) is 15.0 Å². The maximum Gasteiger partial charge on any atom is 0.225 e. The minimum Gasteiger partial charge on any atom is -0.497 e. The van der Waals surface area contributed by atoms with Crippen molar-refractivity contribution in [1.82, 2.24) is 25.3 Å². The van der Waals surface area contributed by atoms with Gasteiger partial charge in [0.2, 0.25) is 5.91 Å². The van der Waals surface area contributed by atoms with E-state index in [-0.39, 0.29) is 11.8 Å². The van der Waals surface area contributed by atoms with Crippen molar-refractivity contribution in [2.75, 3.05) is 25.1 Å². The van der Waals surface area contributed by atoms with Crippen LogP contribution in [0.1, 0.15) is 18.7 Å². The number of aromatic nitrogens is 4. The molecule has 1 unspecified atom stereocenters. The van der Waals surface area contributed by atoms with E-state index in [4.69, 9.17) is 4.74 Å². The summed E-state index contributed by atoms with van der Waals surface area (Å²) in [7, 11) is 1.65. The van der Waals surface area contributed by atoms with E-state index in [0.717, 1.165) is 59.1 Å². The van der Waals surface area contributed by atoms with Crippen molar-refractivity contribution in [1.29, 1.82) is 0 Å². The van der Waals surface area contributed by atoms with Gasteiger partial charge in [-0.1, -0.05) is 12.1 Å². The van der Waals surface area contributed by atoms with Gasteiger partial charge in [-0.3, -0.25) is 4.79 Å². The smallest absolute Gasteiger partial charge is 0.225 e. The first kappa shape index (κ1) is 20.9. The van der Waals surface area contributed by atoms with Crippen molar-refractivity contribution >= 4 is 22.8 Å². The molecule has 1 fully saturated rings. The van der Waals surface area contributed by atoms with Crippen LogP contribution in [-0.4, -0.2) is 46.0 Å². The highest BCUT2D eigenvalue weighted by Crippen LogP contribution is 2.26. The lowest BCUT2D eigenvalue weighted by molar-refractivity contribution is -0.125. The first-order chi connectivity index (χ1) is 16.2. The molecule has 1 atom stereocenters. The Morgan fingerprint density at radius 2 is 2.03 bits per heavy atom. The summed E-state index contributed by atoms with van der Waals surface area (Å²) in [5.74, 6) is 2.36. The number of aromatic amines is 1. The number of fused-ring (bicyclic) bond motifs is 1. The molecule has 1 amide bonds. The predicted octanol–water partition coefficient (Wildman–Crippen LogP) is 3.56. The van der Waals surface area contributed by atoms with Crippen molar-refractivity contribution in [2.24, 2.45) is 5.92 Å². The third kappa shape index (κ3) is 4.64. The third-order valence-corrected chi connectivity index (χ3v) is 6.02. The fraction of sp³-hybridized carbons (Fsp3) is 0.280. The number of carbonyl (C=O) groups excluding carboxylic acids is 1. The fourth-order valence-corrected chi connectivity index (χ4v) is 4.24. The van der Waals surface area contributed by atoms with Crippen LogP contribution < -0.4 is 15.0 Å². The standard InChI is InChI=1S/C25H26N6O2/c1-33-19-10-8-17(9-11-19)22-13-24(28-16-27-22)31-12-4-5-18(15-31)25(32)26-14-23-29-20-6-2-3-7-21(20)30-23/h2-3,6-11,13,16,18H,4-5,12,14-15H2,1H3,(H,26,32)(H,29,30). The molecule has 1 aliphatic rings. The average molecular weight is 443 g/mol. The van der Waals surface area contributed by atoms with Crippen molar-refractivity contribution in [3.8, 4) is 17.0 Å². The van der Waals surface area contributed by atoms with E-state index < -0.39 is 0 Å². The van der Waals surface area contributed by atoms with E-state index in [1.807, 2.05) is 54.6 Å². The maximum atomic E-state index is 12.9. The Bertz CT molecular complexity index is 1220. The molecule has 5 rings (SSSR count). The first-order valence-corrected chi connectivity index (χ1v) is 11.1. The van der Waals surface area contributed by atoms with E-state index in [1.54, 1.807) is 13.4 Å². The molecule has 8 nitrogen and oxygen atoms in total. The Kier molecular flexibility index (Phi) is 5.89. The number of ether oxygens (including phenoxy) is 1. The molecule has 0 bridgehead atoms. The van der Waals surface area contributed by atoms with Gasteiger partial charge in [0.05, 0.1) is 36.3 Å². The first-order valence-electron chi connectivity index (χ1n) is 11.1. The Morgan fingerprint density at radius 3 is 2.85 bits per heavy atom. The molecule has 4 aromatic rings. The number of anilines is 1. The monoisotopic (exact) mass is 442 g/mol. The SMILES string of the molecule is COc1ccc(-c2cc(N3CCCC(C(=O)NCc4nc5ccccc5[nH]4)C3)ncn2)cc1. The van der Waals surface area contributed by atoms with Crippen LogP contribution in [-0.2, 0) is 11.3 Å². The normalized spacial score (nSPS) is 16.0. The third-order valence-electron chi connectivity index (χ3n) is 6.02. The van der Waals surface area contributed by atoms with Gasteiger partial charge < -0.3 is 19.9 Å². The highest BCUT2D eigenvalue weighted by molar-refractivity contribution is 5.80. The molecule has 2 aromatic heterocycles. The molecule has 0 radical (unpaired) electrons. The summed E-state index contributed by atoms with van der Waals surface area (Å²) < 4.78 is 5.24. The Hall–Kier alpha value is -3.94. The molecular formula is C25H26N6O2. The molecule has 1 aliphatic heterocycles. The number of piperidine rings is 1. The summed E-state index contributed by atoms with van der Waals surface area (Å²) in [6.45, 7) is 1.89. The van der Waals surface area contributed by atoms with E-state index in [0.29, 0.717) is 13.1 Å². The number of nitrogens with zero attached hydrogens (tertiary/aromatic N) is 4. The number of nitrogens with one attached hydrogen (secondary N) is 2. The van der Waals surface area contributed by atoms with Gasteiger partial charge in [-0.15, -0.1) is 0 Å². The average Bonchev–Trinajstić information content (AvgIpc) is 3.30. The molecular weight excluding hydrogens is 416 g/mol. The number of carbonyl (C=O) groups is 1. The number of methoxy groups -OCH3 is 1. The highest BCUT2D eigenvalue weighted by atomic mass is 16.5. The van der Waals surface area contributed by atoms with Gasteiger partial charge in [-0.2, -0.15) is 0 Å². The van der Waals surface area contributed by atoms with E-state index in [2.05, 4.69) is 30.2 Å². The lowest BCUT2D eigenvalue weighted by atomic mass is 9.97. The second-order valence-electron chi connectivity index (χ2n) is 8.19. The lowest BCUT2D eigenvalue weighted by Gasteiger charge is -2.32. The molecule has 168 valence electrons. The molecule has 2 aromatic carbocycles. The topological polar surface area (TPSA) is 96.0 Å². The number of H-pyrrole nitrogens is 1. The molecule has 33 heavy (non-hydrogen) atoms. The van der Waals surface area contributed by atoms with Gasteiger partial charge in [0.15, 0.2) is 0 Å². The molecule has 8 heteroatoms. The molecule has 0 saturated carbocycles. The van der Waals surface area contributed by atoms with Crippen LogP contribution in [0.15, 0.2) is 60.9 Å². The van der Waals surface area contributed by atoms with E-state index in [9.17, 15) is 4.79 Å². The van der Waals surface area contributed by atoms with Crippen molar-refractivity contribution < 1.29 is 9.53 Å². The van der Waals surface area contributed by atoms with E-state index in [1.165, 1.54) is 0 Å². The quantitative estimate of drug-likeness (QED) is 0.474. The number of rotatable bonds is 6. The van der Waals surface area contributed by atoms with Gasteiger partial charge >= 0.3 is 0 Å². The molecule has 2 N–H and O–H groups in total. The summed E-state index contributed by atoms with van der Waals surface area (Å²) in [6, 6.07) is 17.6. The van der Waals surface area contributed by atoms with Gasteiger partial charge in [-0.05, 0) is 49.2 Å². The van der Waals surface area contributed by atoms with Crippen LogP contribution in [0.5, 0.6) is 5.75 Å². The van der Waals surface area contributed by atoms with Crippen molar-refractivity contribution in [3.05, 3.63) is 66.7 Å². The minimum absolute atomic E-state index is 0.0459. The summed E-state index contributed by atoms with van der Waals surface area (Å²) in [4.78, 5) is 31.8. The number of benzene rings is 2. The summed E-state index contributed by atoms with van der Waals surface area (Å²) >= 11 is 0. The highest BCUT2D eigenvalue weighted by Gasteiger charge is 2.27. The number of para-hydroxylation sites is 2. The lowest BCUT2D eigenvalue weighted by Crippen LogP contribution is -2.43. The number of hydrogen-bond donors (Lipinski definition) is 2. The molecule has 3 heterocycles. The van der Waals surface area contributed by atoms with Crippen LogP contribution in [0.25, 0.3) is 22.3 Å². The molecule has 0 aliphatic carbocycles. The molecule has 0 spiro atoms. The summed E-state index contributed by atoms with van der Waals surface area (Å²) in [5.41, 5.74) is 3.72. The van der Waals surface area contributed by atoms with Gasteiger partial charge in [0.25, 0.3) is 0 Å². The Balaban J connectivity index is 1.24. The van der Waals surface area contributed by atoms with Crippen molar-refractivity contribution in [2.45, 2.75) is 19.4 Å². The van der Waals surface area contributed by atoms with Crippen LogP contribution >= 0.6 is 0 Å². The zero-order valence-electron chi connectivity index (χ0n) is 18.5.